The van der Waals surface area contributed by atoms with E-state index in [-0.39, 0.29) is 24.3 Å². The molecule has 124 valence electrons. The number of hydrogen-bond acceptors (Lipinski definition) is 5. The van der Waals surface area contributed by atoms with Crippen molar-refractivity contribution < 1.29 is 14.3 Å². The minimum absolute atomic E-state index is 0.0493. The van der Waals surface area contributed by atoms with Crippen LogP contribution < -0.4 is 11.2 Å². The molecule has 8 nitrogen and oxygen atoms in total. The highest BCUT2D eigenvalue weighted by molar-refractivity contribution is 5.86. The minimum Gasteiger partial charge on any atom is -0.477 e. The lowest BCUT2D eigenvalue weighted by Gasteiger charge is -2.19. The summed E-state index contributed by atoms with van der Waals surface area (Å²) in [4.78, 5) is 40.2. The zero-order chi connectivity index (χ0) is 17.0. The molecule has 0 bridgehead atoms. The number of aromatic carboxylic acids is 1. The summed E-state index contributed by atoms with van der Waals surface area (Å²) >= 11 is 0. The number of carbonyl (C=O) groups is 1. The maximum atomic E-state index is 12.6. The number of carboxylic acids is 1. The maximum Gasteiger partial charge on any atom is 0.352 e. The van der Waals surface area contributed by atoms with Crippen LogP contribution in [0, 0.1) is 0 Å². The largest absolute Gasteiger partial charge is 0.477 e. The molecule has 0 radical (unpaired) electrons. The fourth-order valence-electron chi connectivity index (χ4n) is 2.31. The Morgan fingerprint density at radius 2 is 2.04 bits per heavy atom. The smallest absolute Gasteiger partial charge is 0.352 e. The van der Waals surface area contributed by atoms with Crippen LogP contribution in [0.25, 0.3) is 0 Å². The molecule has 2 aromatic heterocycles. The first kappa shape index (κ1) is 16.8. The van der Waals surface area contributed by atoms with Crippen molar-refractivity contribution in [1.29, 1.82) is 0 Å². The molecular weight excluding hydrogens is 302 g/mol. The van der Waals surface area contributed by atoms with Crippen molar-refractivity contribution in [2.24, 2.45) is 0 Å². The summed E-state index contributed by atoms with van der Waals surface area (Å²) in [5.41, 5.74) is -1.68. The Bertz CT molecular complexity index is 784. The van der Waals surface area contributed by atoms with Crippen molar-refractivity contribution in [3.8, 4) is 0 Å². The summed E-state index contributed by atoms with van der Waals surface area (Å²) in [5.74, 6) is -0.888. The van der Waals surface area contributed by atoms with Crippen molar-refractivity contribution in [2.75, 3.05) is 13.1 Å². The van der Waals surface area contributed by atoms with E-state index < -0.39 is 17.2 Å². The van der Waals surface area contributed by atoms with Gasteiger partial charge in [0.1, 0.15) is 11.5 Å². The topological polar surface area (TPSA) is 109 Å². The van der Waals surface area contributed by atoms with E-state index in [9.17, 15) is 19.5 Å². The third kappa shape index (κ3) is 3.59. The van der Waals surface area contributed by atoms with Gasteiger partial charge in [0.25, 0.3) is 5.56 Å². The highest BCUT2D eigenvalue weighted by Gasteiger charge is 2.20. The Labute approximate surface area is 132 Å². The molecule has 8 heteroatoms. The van der Waals surface area contributed by atoms with Gasteiger partial charge in [-0.25, -0.2) is 9.59 Å². The molecule has 0 fully saturated rings. The molecule has 0 amide bonds. The molecule has 0 aliphatic heterocycles. The van der Waals surface area contributed by atoms with Crippen molar-refractivity contribution in [3.05, 3.63) is 56.3 Å². The van der Waals surface area contributed by atoms with Gasteiger partial charge >= 0.3 is 11.7 Å². The van der Waals surface area contributed by atoms with Gasteiger partial charge in [-0.15, -0.1) is 0 Å². The minimum atomic E-state index is -1.33. The van der Waals surface area contributed by atoms with Gasteiger partial charge in [-0.3, -0.25) is 14.3 Å². The van der Waals surface area contributed by atoms with Crippen LogP contribution in [0.3, 0.4) is 0 Å². The normalized spacial score (nSPS) is 11.1. The summed E-state index contributed by atoms with van der Waals surface area (Å²) in [5, 5.41) is 9.27. The van der Waals surface area contributed by atoms with Crippen LogP contribution in [0.5, 0.6) is 0 Å². The molecule has 0 atom stereocenters. The molecule has 0 aliphatic carbocycles. The lowest BCUT2D eigenvalue weighted by molar-refractivity contribution is 0.0686. The third-order valence-electron chi connectivity index (χ3n) is 3.67. The third-order valence-corrected chi connectivity index (χ3v) is 3.67. The lowest BCUT2D eigenvalue weighted by Crippen LogP contribution is -2.41. The molecule has 0 saturated heterocycles. The number of rotatable bonds is 7. The fourth-order valence-corrected chi connectivity index (χ4v) is 2.31. The van der Waals surface area contributed by atoms with Crippen LogP contribution in [0.1, 0.15) is 35.7 Å². The van der Waals surface area contributed by atoms with Gasteiger partial charge in [0, 0.05) is 6.54 Å². The van der Waals surface area contributed by atoms with Crippen LogP contribution >= 0.6 is 0 Å². The average molecular weight is 321 g/mol. The average Bonchev–Trinajstić information content (AvgIpc) is 3.03. The number of carboxylic acid groups (broad SMARTS) is 1. The lowest BCUT2D eigenvalue weighted by atomic mass is 10.2. The van der Waals surface area contributed by atoms with Crippen LogP contribution in [0.15, 0.2) is 32.4 Å². The number of nitrogens with one attached hydrogen (secondary N) is 1. The summed E-state index contributed by atoms with van der Waals surface area (Å²) in [6.07, 6.45) is 1.44. The van der Waals surface area contributed by atoms with Gasteiger partial charge < -0.3 is 14.5 Å². The van der Waals surface area contributed by atoms with Gasteiger partial charge in [0.2, 0.25) is 0 Å². The molecule has 2 aromatic rings. The van der Waals surface area contributed by atoms with Crippen molar-refractivity contribution in [1.82, 2.24) is 14.5 Å². The second kappa shape index (κ2) is 7.10. The van der Waals surface area contributed by atoms with Gasteiger partial charge in [-0.1, -0.05) is 13.8 Å². The molecule has 0 unspecified atom stereocenters. The van der Waals surface area contributed by atoms with E-state index >= 15 is 0 Å². The van der Waals surface area contributed by atoms with Crippen LogP contribution in [-0.4, -0.2) is 38.6 Å². The molecule has 2 N–H and O–H groups in total. The summed E-state index contributed by atoms with van der Waals surface area (Å²) in [7, 11) is 0. The molecular formula is C15H19N3O5. The SMILES string of the molecule is CCN(CC)Cc1c(C(=O)O)[nH]c(=O)n(Cc2ccco2)c1=O. The maximum absolute atomic E-state index is 12.6. The Hall–Kier alpha value is -2.61. The molecule has 2 heterocycles. The fraction of sp³-hybridized carbons (Fsp3) is 0.400. The van der Waals surface area contributed by atoms with Crippen LogP contribution in [0.4, 0.5) is 0 Å². The molecule has 23 heavy (non-hydrogen) atoms. The van der Waals surface area contributed by atoms with Crippen molar-refractivity contribution >= 4 is 5.97 Å². The number of H-pyrrole nitrogens is 1. The zero-order valence-corrected chi connectivity index (χ0v) is 13.0. The number of aromatic amines is 1. The standard InChI is InChI=1S/C15H19N3O5/c1-3-17(4-2)9-11-12(14(20)21)16-15(22)18(13(11)19)8-10-6-5-7-23-10/h5-7H,3-4,8-9H2,1-2H3,(H,16,22)(H,20,21). The Morgan fingerprint density at radius 1 is 1.35 bits per heavy atom. The predicted octanol–water partition coefficient (Wildman–Crippen LogP) is 0.718. The van der Waals surface area contributed by atoms with E-state index in [4.69, 9.17) is 4.42 Å². The van der Waals surface area contributed by atoms with Gasteiger partial charge in [0.15, 0.2) is 0 Å². The molecule has 0 aliphatic rings. The van der Waals surface area contributed by atoms with Crippen LogP contribution in [-0.2, 0) is 13.1 Å². The first-order valence-electron chi connectivity index (χ1n) is 7.31. The first-order valence-corrected chi connectivity index (χ1v) is 7.31. The zero-order valence-electron chi connectivity index (χ0n) is 13.0. The number of furan rings is 1. The second-order valence-electron chi connectivity index (χ2n) is 5.02. The first-order chi connectivity index (χ1) is 11.0. The number of aromatic nitrogens is 2. The van der Waals surface area contributed by atoms with Gasteiger partial charge in [-0.05, 0) is 25.2 Å². The van der Waals surface area contributed by atoms with Gasteiger partial charge in [0.05, 0.1) is 18.4 Å². The Morgan fingerprint density at radius 3 is 2.57 bits per heavy atom. The summed E-state index contributed by atoms with van der Waals surface area (Å²) in [6.45, 7) is 5.25. The quantitative estimate of drug-likeness (QED) is 0.778. The molecule has 0 saturated carbocycles. The summed E-state index contributed by atoms with van der Waals surface area (Å²) in [6, 6.07) is 3.29. The molecule has 2 rings (SSSR count). The molecule has 0 spiro atoms. The van der Waals surface area contributed by atoms with E-state index in [0.29, 0.717) is 18.8 Å². The Balaban J connectivity index is 2.55. The predicted molar refractivity (Wildman–Crippen MR) is 82.7 cm³/mol. The van der Waals surface area contributed by atoms with E-state index in [0.717, 1.165) is 4.57 Å². The summed E-state index contributed by atoms with van der Waals surface area (Å²) < 4.78 is 6.10. The second-order valence-corrected chi connectivity index (χ2v) is 5.02. The van der Waals surface area contributed by atoms with Crippen LogP contribution in [0.2, 0.25) is 0 Å². The van der Waals surface area contributed by atoms with Gasteiger partial charge in [-0.2, -0.15) is 0 Å². The van der Waals surface area contributed by atoms with Crippen molar-refractivity contribution in [2.45, 2.75) is 26.9 Å². The van der Waals surface area contributed by atoms with E-state index in [1.54, 1.807) is 12.1 Å². The molecule has 0 aromatic carbocycles. The Kier molecular flexibility index (Phi) is 5.17. The van der Waals surface area contributed by atoms with E-state index in [1.165, 1.54) is 6.26 Å². The highest BCUT2D eigenvalue weighted by Crippen LogP contribution is 2.06. The monoisotopic (exact) mass is 321 g/mol. The van der Waals surface area contributed by atoms with Crippen molar-refractivity contribution in [3.63, 3.8) is 0 Å². The van der Waals surface area contributed by atoms with E-state index in [1.807, 2.05) is 18.7 Å². The number of nitrogens with zero attached hydrogens (tertiary/aromatic N) is 2. The number of hydrogen-bond donors (Lipinski definition) is 2. The van der Waals surface area contributed by atoms with E-state index in [2.05, 4.69) is 4.98 Å². The highest BCUT2D eigenvalue weighted by atomic mass is 16.4.